The van der Waals surface area contributed by atoms with Crippen molar-refractivity contribution in [1.82, 2.24) is 9.55 Å². The molecule has 0 radical (unpaired) electrons. The lowest BCUT2D eigenvalue weighted by Crippen LogP contribution is -2.57. The van der Waals surface area contributed by atoms with Crippen LogP contribution in [0.15, 0.2) is 36.7 Å². The number of para-hydroxylation sites is 2. The van der Waals surface area contributed by atoms with Crippen LogP contribution < -0.4 is 0 Å². The molecule has 0 aliphatic heterocycles. The number of nitrogens with zero attached hydrogens (tertiary/aromatic N) is 2. The number of allylic oxidation sites excluding steroid dienone is 2. The number of rotatable bonds is 2. The zero-order valence-corrected chi connectivity index (χ0v) is 19.9. The van der Waals surface area contributed by atoms with E-state index < -0.39 is 0 Å². The first kappa shape index (κ1) is 21.0. The Morgan fingerprint density at radius 3 is 2.68 bits per heavy atom. The van der Waals surface area contributed by atoms with E-state index in [9.17, 15) is 4.79 Å². The van der Waals surface area contributed by atoms with Crippen molar-refractivity contribution < 1.29 is 4.79 Å². The van der Waals surface area contributed by atoms with Crippen molar-refractivity contribution in [2.45, 2.75) is 79.6 Å². The average molecular weight is 419 g/mol. The Hall–Kier alpha value is -1.90. The van der Waals surface area contributed by atoms with Crippen LogP contribution in [-0.2, 0) is 4.79 Å². The predicted octanol–water partition coefficient (Wildman–Crippen LogP) is 7.13. The molecule has 0 amide bonds. The number of imidazole rings is 1. The first-order chi connectivity index (χ1) is 14.7. The zero-order valence-electron chi connectivity index (χ0n) is 19.9. The second-order valence-electron chi connectivity index (χ2n) is 11.5. The van der Waals surface area contributed by atoms with Crippen LogP contribution in [0.25, 0.3) is 16.7 Å². The Morgan fingerprint density at radius 1 is 1.13 bits per heavy atom. The number of hydrogen-bond acceptors (Lipinski definition) is 2. The van der Waals surface area contributed by atoms with Gasteiger partial charge in [0, 0.05) is 24.0 Å². The van der Waals surface area contributed by atoms with Crippen molar-refractivity contribution in [1.29, 1.82) is 0 Å². The molecule has 1 heterocycles. The van der Waals surface area contributed by atoms with Gasteiger partial charge in [0.1, 0.15) is 12.1 Å². The van der Waals surface area contributed by atoms with E-state index in [1.165, 1.54) is 36.9 Å². The molecule has 166 valence electrons. The molecule has 1 aromatic heterocycles. The van der Waals surface area contributed by atoms with E-state index in [1.54, 1.807) is 0 Å². The lowest BCUT2D eigenvalue weighted by atomic mass is 9.40. The standard InChI is InChI=1S/C28H38N2O/c1-6-25(30-18-29-23-9-7-8-10-24(23)30)27(4)15-13-22-21(19(27)2)12-14-26(3)17-20(31)11-16-28(22,26)5/h6-10,18-19,21-22H,11-17H2,1-5H3/b25-6+/t19?,21?,22?,26-,27-,28+/m0/s1. The number of benzene rings is 1. The van der Waals surface area contributed by atoms with Crippen molar-refractivity contribution in [3.63, 3.8) is 0 Å². The lowest BCUT2D eigenvalue weighted by Gasteiger charge is -2.64. The largest absolute Gasteiger partial charge is 0.302 e. The minimum absolute atomic E-state index is 0.133. The van der Waals surface area contributed by atoms with Crippen LogP contribution in [0.2, 0.25) is 0 Å². The molecule has 0 N–H and O–H groups in total. The van der Waals surface area contributed by atoms with Gasteiger partial charge in [0.05, 0.1) is 11.0 Å². The fraction of sp³-hybridized carbons (Fsp3) is 0.643. The van der Waals surface area contributed by atoms with Gasteiger partial charge in [0.2, 0.25) is 0 Å². The topological polar surface area (TPSA) is 34.9 Å². The van der Waals surface area contributed by atoms with Gasteiger partial charge in [-0.05, 0) is 79.7 Å². The zero-order chi connectivity index (χ0) is 22.0. The van der Waals surface area contributed by atoms with E-state index >= 15 is 0 Å². The van der Waals surface area contributed by atoms with Crippen LogP contribution in [0.1, 0.15) is 79.6 Å². The molecule has 3 aliphatic carbocycles. The maximum absolute atomic E-state index is 12.3. The Balaban J connectivity index is 1.50. The predicted molar refractivity (Wildman–Crippen MR) is 127 cm³/mol. The monoisotopic (exact) mass is 418 g/mol. The number of Topliss-reactive ketones (excluding diaryl/α,β-unsaturated/α-hetero) is 1. The van der Waals surface area contributed by atoms with E-state index in [4.69, 9.17) is 4.98 Å². The van der Waals surface area contributed by atoms with Crippen LogP contribution >= 0.6 is 0 Å². The second kappa shape index (κ2) is 7.05. The Kier molecular flexibility index (Phi) is 4.77. The highest BCUT2D eigenvalue weighted by Crippen LogP contribution is 2.68. The molecule has 31 heavy (non-hydrogen) atoms. The summed E-state index contributed by atoms with van der Waals surface area (Å²) in [5, 5.41) is 0. The van der Waals surface area contributed by atoms with E-state index in [2.05, 4.69) is 69.5 Å². The summed E-state index contributed by atoms with van der Waals surface area (Å²) in [7, 11) is 0. The normalized spacial score (nSPS) is 41.1. The fourth-order valence-corrected chi connectivity index (χ4v) is 8.14. The van der Waals surface area contributed by atoms with E-state index in [-0.39, 0.29) is 10.8 Å². The van der Waals surface area contributed by atoms with Crippen LogP contribution in [0.4, 0.5) is 0 Å². The second-order valence-corrected chi connectivity index (χ2v) is 11.5. The number of carbonyl (C=O) groups is 1. The quantitative estimate of drug-likeness (QED) is 0.520. The summed E-state index contributed by atoms with van der Waals surface area (Å²) in [6.07, 6.45) is 12.0. The van der Waals surface area contributed by atoms with Gasteiger partial charge in [0.15, 0.2) is 0 Å². The Morgan fingerprint density at radius 2 is 1.90 bits per heavy atom. The Bertz CT molecular complexity index is 1050. The molecule has 0 saturated heterocycles. The van der Waals surface area contributed by atoms with Crippen LogP contribution in [0.5, 0.6) is 0 Å². The lowest BCUT2D eigenvalue weighted by molar-refractivity contribution is -0.158. The number of hydrogen-bond donors (Lipinski definition) is 0. The van der Waals surface area contributed by atoms with E-state index in [0.29, 0.717) is 17.1 Å². The molecular weight excluding hydrogens is 380 g/mol. The highest BCUT2D eigenvalue weighted by atomic mass is 16.1. The summed E-state index contributed by atoms with van der Waals surface area (Å²) in [5.41, 5.74) is 4.32. The summed E-state index contributed by atoms with van der Waals surface area (Å²) < 4.78 is 2.35. The van der Waals surface area contributed by atoms with Gasteiger partial charge in [-0.25, -0.2) is 4.98 Å². The molecule has 3 unspecified atom stereocenters. The summed E-state index contributed by atoms with van der Waals surface area (Å²) in [5.74, 6) is 2.57. The summed E-state index contributed by atoms with van der Waals surface area (Å²) >= 11 is 0. The average Bonchev–Trinajstić information content (AvgIpc) is 3.16. The van der Waals surface area contributed by atoms with Gasteiger partial charge in [-0.1, -0.05) is 45.9 Å². The van der Waals surface area contributed by atoms with Crippen LogP contribution in [0.3, 0.4) is 0 Å². The van der Waals surface area contributed by atoms with Gasteiger partial charge in [0.25, 0.3) is 0 Å². The van der Waals surface area contributed by atoms with E-state index in [1.807, 2.05) is 6.33 Å². The minimum atomic E-state index is 0.133. The molecule has 5 rings (SSSR count). The molecule has 6 atom stereocenters. The fourth-order valence-electron chi connectivity index (χ4n) is 8.14. The summed E-state index contributed by atoms with van der Waals surface area (Å²) in [6, 6.07) is 8.48. The highest BCUT2D eigenvalue weighted by molar-refractivity contribution is 5.81. The van der Waals surface area contributed by atoms with Crippen molar-refractivity contribution in [2.24, 2.45) is 34.0 Å². The van der Waals surface area contributed by atoms with E-state index in [0.717, 1.165) is 36.6 Å². The third-order valence-electron chi connectivity index (χ3n) is 10.4. The summed E-state index contributed by atoms with van der Waals surface area (Å²) in [6.45, 7) is 12.2. The molecular formula is C28H38N2O. The van der Waals surface area contributed by atoms with Crippen molar-refractivity contribution in [3.05, 3.63) is 36.7 Å². The van der Waals surface area contributed by atoms with Gasteiger partial charge < -0.3 is 4.57 Å². The number of fused-ring (bicyclic) bond motifs is 4. The number of ketones is 1. The highest BCUT2D eigenvalue weighted by Gasteiger charge is 2.61. The van der Waals surface area contributed by atoms with Gasteiger partial charge in [-0.15, -0.1) is 0 Å². The smallest absolute Gasteiger partial charge is 0.133 e. The Labute approximate surface area is 187 Å². The number of aromatic nitrogens is 2. The summed E-state index contributed by atoms with van der Waals surface area (Å²) in [4.78, 5) is 17.0. The molecule has 3 heteroatoms. The van der Waals surface area contributed by atoms with Crippen molar-refractivity contribution in [2.75, 3.05) is 0 Å². The maximum atomic E-state index is 12.3. The maximum Gasteiger partial charge on any atom is 0.133 e. The van der Waals surface area contributed by atoms with Crippen molar-refractivity contribution >= 4 is 22.5 Å². The van der Waals surface area contributed by atoms with Crippen molar-refractivity contribution in [3.8, 4) is 0 Å². The first-order valence-electron chi connectivity index (χ1n) is 12.3. The third kappa shape index (κ3) is 2.84. The first-order valence-corrected chi connectivity index (χ1v) is 12.3. The molecule has 0 bridgehead atoms. The number of carbonyl (C=O) groups excluding carboxylic acids is 1. The van der Waals surface area contributed by atoms with Gasteiger partial charge >= 0.3 is 0 Å². The molecule has 3 fully saturated rings. The minimum Gasteiger partial charge on any atom is -0.302 e. The van der Waals surface area contributed by atoms with Gasteiger partial charge in [-0.2, -0.15) is 0 Å². The van der Waals surface area contributed by atoms with Gasteiger partial charge in [-0.3, -0.25) is 4.79 Å². The molecule has 2 aromatic rings. The SMILES string of the molecule is C/C=C(/n1cnc2ccccc21)[C@@]1(C)CCC2C(CC[C@@]3(C)CC(=O)CC[C@]23C)C1C. The molecule has 1 aromatic carbocycles. The molecule has 3 aliphatic rings. The van der Waals surface area contributed by atoms with Crippen LogP contribution in [-0.4, -0.2) is 15.3 Å². The van der Waals surface area contributed by atoms with Crippen LogP contribution in [0, 0.1) is 34.0 Å². The third-order valence-corrected chi connectivity index (χ3v) is 10.4. The molecule has 3 nitrogen and oxygen atoms in total. The molecule has 3 saturated carbocycles. The molecule has 0 spiro atoms.